The highest BCUT2D eigenvalue weighted by atomic mass is 16.2. The molecule has 5 heteroatoms. The molecule has 112 valence electrons. The minimum atomic E-state index is -0.00910. The van der Waals surface area contributed by atoms with Gasteiger partial charge in [-0.15, -0.1) is 0 Å². The van der Waals surface area contributed by atoms with Gasteiger partial charge >= 0.3 is 0 Å². The summed E-state index contributed by atoms with van der Waals surface area (Å²) in [4.78, 5) is 32.7. The van der Waals surface area contributed by atoms with Crippen molar-refractivity contribution >= 4 is 11.8 Å². The number of aromatic nitrogens is 1. The van der Waals surface area contributed by atoms with E-state index in [2.05, 4.69) is 4.98 Å². The molecule has 0 N–H and O–H groups in total. The van der Waals surface area contributed by atoms with E-state index in [-0.39, 0.29) is 11.8 Å². The van der Waals surface area contributed by atoms with Crippen LogP contribution in [0, 0.1) is 6.92 Å². The van der Waals surface area contributed by atoms with E-state index in [9.17, 15) is 9.59 Å². The predicted octanol–water partition coefficient (Wildman–Crippen LogP) is 1.86. The number of hydrogen-bond acceptors (Lipinski definition) is 3. The first-order valence-corrected chi connectivity index (χ1v) is 7.72. The Labute approximate surface area is 124 Å². The Morgan fingerprint density at radius 2 is 1.48 bits per heavy atom. The third-order valence-electron chi connectivity index (χ3n) is 4.31. The van der Waals surface area contributed by atoms with Crippen LogP contribution in [0.1, 0.15) is 52.1 Å². The zero-order chi connectivity index (χ0) is 14.8. The average Bonchev–Trinajstić information content (AvgIpc) is 3.18. The molecular formula is C16H21N3O2. The summed E-state index contributed by atoms with van der Waals surface area (Å²) in [7, 11) is 0. The molecule has 0 aliphatic carbocycles. The lowest BCUT2D eigenvalue weighted by Crippen LogP contribution is -2.30. The lowest BCUT2D eigenvalue weighted by molar-refractivity contribution is 0.0775. The minimum absolute atomic E-state index is 0.00910. The third-order valence-corrected chi connectivity index (χ3v) is 4.31. The average molecular weight is 287 g/mol. The van der Waals surface area contributed by atoms with Gasteiger partial charge in [-0.1, -0.05) is 0 Å². The molecule has 3 heterocycles. The predicted molar refractivity (Wildman–Crippen MR) is 79.2 cm³/mol. The Kier molecular flexibility index (Phi) is 3.90. The van der Waals surface area contributed by atoms with E-state index in [0.717, 1.165) is 57.4 Å². The monoisotopic (exact) mass is 287 g/mol. The number of aryl methyl sites for hydroxylation is 1. The summed E-state index contributed by atoms with van der Waals surface area (Å²) < 4.78 is 0. The van der Waals surface area contributed by atoms with E-state index in [0.29, 0.717) is 11.3 Å². The van der Waals surface area contributed by atoms with E-state index < -0.39 is 0 Å². The molecule has 3 rings (SSSR count). The van der Waals surface area contributed by atoms with Crippen molar-refractivity contribution in [1.82, 2.24) is 14.8 Å². The largest absolute Gasteiger partial charge is 0.339 e. The van der Waals surface area contributed by atoms with Crippen LogP contribution >= 0.6 is 0 Å². The van der Waals surface area contributed by atoms with Gasteiger partial charge in [0.25, 0.3) is 11.8 Å². The minimum Gasteiger partial charge on any atom is -0.339 e. The van der Waals surface area contributed by atoms with Crippen LogP contribution in [-0.4, -0.2) is 52.8 Å². The Hall–Kier alpha value is -1.91. The highest BCUT2D eigenvalue weighted by molar-refractivity contribution is 5.97. The number of amides is 2. The van der Waals surface area contributed by atoms with Gasteiger partial charge in [-0.05, 0) is 44.2 Å². The second-order valence-corrected chi connectivity index (χ2v) is 5.89. The second kappa shape index (κ2) is 5.84. The van der Waals surface area contributed by atoms with Crippen LogP contribution in [0.2, 0.25) is 0 Å². The highest BCUT2D eigenvalue weighted by Gasteiger charge is 2.24. The fourth-order valence-electron chi connectivity index (χ4n) is 3.09. The van der Waals surface area contributed by atoms with Crippen molar-refractivity contribution in [2.24, 2.45) is 0 Å². The number of pyridine rings is 1. The van der Waals surface area contributed by atoms with Gasteiger partial charge in [0.2, 0.25) is 0 Å². The van der Waals surface area contributed by atoms with Crippen LogP contribution in [0.25, 0.3) is 0 Å². The van der Waals surface area contributed by atoms with Crippen molar-refractivity contribution in [2.45, 2.75) is 32.6 Å². The lowest BCUT2D eigenvalue weighted by Gasteiger charge is -2.18. The molecule has 0 bridgehead atoms. The van der Waals surface area contributed by atoms with Gasteiger partial charge < -0.3 is 9.80 Å². The summed E-state index contributed by atoms with van der Waals surface area (Å²) in [5.74, 6) is 0.0217. The van der Waals surface area contributed by atoms with E-state index in [1.807, 2.05) is 16.7 Å². The van der Waals surface area contributed by atoms with Crippen molar-refractivity contribution in [3.05, 3.63) is 29.1 Å². The van der Waals surface area contributed by atoms with Gasteiger partial charge in [-0.3, -0.25) is 9.59 Å². The maximum atomic E-state index is 12.4. The Balaban J connectivity index is 1.79. The first-order valence-electron chi connectivity index (χ1n) is 7.72. The normalized spacial score (nSPS) is 18.3. The smallest absolute Gasteiger partial charge is 0.272 e. The fraction of sp³-hybridized carbons (Fsp3) is 0.562. The van der Waals surface area contributed by atoms with Crippen molar-refractivity contribution in [3.8, 4) is 0 Å². The summed E-state index contributed by atoms with van der Waals surface area (Å²) in [5.41, 5.74) is 1.86. The molecule has 1 aromatic heterocycles. The van der Waals surface area contributed by atoms with Crippen LogP contribution in [0.4, 0.5) is 0 Å². The summed E-state index contributed by atoms with van der Waals surface area (Å²) in [5, 5.41) is 0. The highest BCUT2D eigenvalue weighted by Crippen LogP contribution is 2.17. The van der Waals surface area contributed by atoms with Gasteiger partial charge in [0.15, 0.2) is 0 Å². The number of nitrogens with zero attached hydrogens (tertiary/aromatic N) is 3. The van der Waals surface area contributed by atoms with Crippen LogP contribution in [0.15, 0.2) is 12.3 Å². The maximum Gasteiger partial charge on any atom is 0.272 e. The van der Waals surface area contributed by atoms with Crippen molar-refractivity contribution in [3.63, 3.8) is 0 Å². The molecule has 2 aliphatic rings. The molecule has 1 aromatic rings. The molecule has 5 nitrogen and oxygen atoms in total. The number of rotatable bonds is 2. The molecule has 0 spiro atoms. The quantitative estimate of drug-likeness (QED) is 0.834. The number of carbonyl (C=O) groups excluding carboxylic acids is 2. The van der Waals surface area contributed by atoms with E-state index in [1.54, 1.807) is 12.3 Å². The maximum absolute atomic E-state index is 12.4. The van der Waals surface area contributed by atoms with Gasteiger partial charge in [0.05, 0.1) is 5.56 Å². The number of carbonyl (C=O) groups is 2. The zero-order valence-corrected chi connectivity index (χ0v) is 12.5. The van der Waals surface area contributed by atoms with Crippen LogP contribution < -0.4 is 0 Å². The van der Waals surface area contributed by atoms with Gasteiger partial charge in [0.1, 0.15) is 5.69 Å². The third kappa shape index (κ3) is 2.77. The SMILES string of the molecule is Cc1cc(C(=O)N2CCCC2)cnc1C(=O)N1CCCC1. The molecule has 2 fully saturated rings. The molecule has 0 atom stereocenters. The Morgan fingerprint density at radius 3 is 2.00 bits per heavy atom. The topological polar surface area (TPSA) is 53.5 Å². The number of likely N-dealkylation sites (tertiary alicyclic amines) is 2. The van der Waals surface area contributed by atoms with Gasteiger partial charge in [-0.25, -0.2) is 4.98 Å². The first-order chi connectivity index (χ1) is 10.2. The molecule has 0 saturated carbocycles. The molecule has 0 unspecified atom stereocenters. The summed E-state index contributed by atoms with van der Waals surface area (Å²) in [6.07, 6.45) is 5.83. The van der Waals surface area contributed by atoms with Crippen LogP contribution in [0.3, 0.4) is 0 Å². The zero-order valence-electron chi connectivity index (χ0n) is 12.5. The van der Waals surface area contributed by atoms with Crippen molar-refractivity contribution in [2.75, 3.05) is 26.2 Å². The Bertz CT molecular complexity index is 559. The molecule has 0 radical (unpaired) electrons. The molecule has 2 saturated heterocycles. The van der Waals surface area contributed by atoms with Gasteiger partial charge in [-0.2, -0.15) is 0 Å². The summed E-state index contributed by atoms with van der Waals surface area (Å²) in [6.45, 7) is 5.14. The van der Waals surface area contributed by atoms with E-state index in [4.69, 9.17) is 0 Å². The number of hydrogen-bond donors (Lipinski definition) is 0. The van der Waals surface area contributed by atoms with Gasteiger partial charge in [0, 0.05) is 32.4 Å². The van der Waals surface area contributed by atoms with Crippen molar-refractivity contribution < 1.29 is 9.59 Å². The summed E-state index contributed by atoms with van der Waals surface area (Å²) in [6, 6.07) is 1.80. The van der Waals surface area contributed by atoms with E-state index in [1.165, 1.54) is 0 Å². The standard InChI is InChI=1S/C16H21N3O2/c1-12-10-13(15(20)18-6-2-3-7-18)11-17-14(12)16(21)19-8-4-5-9-19/h10-11H,2-9H2,1H3. The van der Waals surface area contributed by atoms with Crippen molar-refractivity contribution in [1.29, 1.82) is 0 Å². The Morgan fingerprint density at radius 1 is 0.952 bits per heavy atom. The molecule has 2 amide bonds. The van der Waals surface area contributed by atoms with Crippen LogP contribution in [0.5, 0.6) is 0 Å². The molecule has 2 aliphatic heterocycles. The first kappa shape index (κ1) is 14.0. The second-order valence-electron chi connectivity index (χ2n) is 5.89. The molecule has 21 heavy (non-hydrogen) atoms. The fourth-order valence-corrected chi connectivity index (χ4v) is 3.09. The molecular weight excluding hydrogens is 266 g/mol. The lowest BCUT2D eigenvalue weighted by atomic mass is 10.1. The summed E-state index contributed by atoms with van der Waals surface area (Å²) >= 11 is 0. The van der Waals surface area contributed by atoms with E-state index >= 15 is 0 Å². The molecule has 0 aromatic carbocycles. The van der Waals surface area contributed by atoms with Crippen LogP contribution in [-0.2, 0) is 0 Å².